The predicted octanol–water partition coefficient (Wildman–Crippen LogP) is 4.19. The Morgan fingerprint density at radius 3 is 2.52 bits per heavy atom. The summed E-state index contributed by atoms with van der Waals surface area (Å²) in [6, 6.07) is 11.9. The molecule has 1 unspecified atom stereocenters. The molecule has 21 heavy (non-hydrogen) atoms. The molecule has 2 aromatic carbocycles. The van der Waals surface area contributed by atoms with Gasteiger partial charge in [0.25, 0.3) is 0 Å². The topological polar surface area (TPSA) is 55.8 Å². The van der Waals surface area contributed by atoms with E-state index < -0.39 is 5.97 Å². The summed E-state index contributed by atoms with van der Waals surface area (Å²) in [6.45, 7) is 1.87. The molecule has 0 heterocycles. The number of carboxylic acids is 1. The maximum atomic E-state index is 10.9. The lowest BCUT2D eigenvalue weighted by atomic mass is 10.1. The van der Waals surface area contributed by atoms with Crippen LogP contribution < -0.4 is 9.47 Å². The van der Waals surface area contributed by atoms with Crippen molar-refractivity contribution in [1.29, 1.82) is 0 Å². The van der Waals surface area contributed by atoms with Gasteiger partial charge in [-0.1, -0.05) is 29.8 Å². The van der Waals surface area contributed by atoms with Crippen molar-refractivity contribution < 1.29 is 19.4 Å². The summed E-state index contributed by atoms with van der Waals surface area (Å²) in [5, 5.41) is 9.17. The molecular formula is C16H15ClO4. The third-order valence-corrected chi connectivity index (χ3v) is 3.35. The van der Waals surface area contributed by atoms with Gasteiger partial charge in [-0.15, -0.1) is 0 Å². The summed E-state index contributed by atoms with van der Waals surface area (Å²) in [5.41, 5.74) is 1.01. The summed E-state index contributed by atoms with van der Waals surface area (Å²) >= 11 is 6.06. The molecule has 0 bridgehead atoms. The predicted molar refractivity (Wildman–Crippen MR) is 80.4 cm³/mol. The molecule has 110 valence electrons. The molecule has 2 aromatic rings. The van der Waals surface area contributed by atoms with Gasteiger partial charge in [0.2, 0.25) is 0 Å². The number of benzene rings is 2. The molecule has 2 rings (SSSR count). The monoisotopic (exact) mass is 306 g/mol. The third kappa shape index (κ3) is 3.47. The van der Waals surface area contributed by atoms with Crippen LogP contribution in [0.1, 0.15) is 28.9 Å². The zero-order valence-electron chi connectivity index (χ0n) is 11.7. The van der Waals surface area contributed by atoms with E-state index in [2.05, 4.69) is 0 Å². The van der Waals surface area contributed by atoms with E-state index in [1.807, 2.05) is 31.2 Å². The second-order valence-electron chi connectivity index (χ2n) is 4.45. The van der Waals surface area contributed by atoms with Crippen LogP contribution in [0.3, 0.4) is 0 Å². The van der Waals surface area contributed by atoms with Crippen molar-refractivity contribution in [2.45, 2.75) is 13.0 Å². The minimum atomic E-state index is -1.03. The van der Waals surface area contributed by atoms with Gasteiger partial charge in [0.15, 0.2) is 0 Å². The molecule has 0 aliphatic carbocycles. The lowest BCUT2D eigenvalue weighted by Crippen LogP contribution is -2.06. The van der Waals surface area contributed by atoms with Crippen molar-refractivity contribution in [3.63, 3.8) is 0 Å². The van der Waals surface area contributed by atoms with Crippen LogP contribution in [-0.4, -0.2) is 18.2 Å². The Balaban J connectivity index is 2.23. The second kappa shape index (κ2) is 6.50. The van der Waals surface area contributed by atoms with Gasteiger partial charge in [0.05, 0.1) is 17.7 Å². The van der Waals surface area contributed by atoms with Gasteiger partial charge in [0.1, 0.15) is 17.6 Å². The van der Waals surface area contributed by atoms with Crippen molar-refractivity contribution in [1.82, 2.24) is 0 Å². The lowest BCUT2D eigenvalue weighted by Gasteiger charge is -2.18. The molecule has 0 spiro atoms. The Hall–Kier alpha value is -2.20. The van der Waals surface area contributed by atoms with E-state index >= 15 is 0 Å². The molecule has 5 heteroatoms. The van der Waals surface area contributed by atoms with Crippen LogP contribution in [0.4, 0.5) is 0 Å². The van der Waals surface area contributed by atoms with E-state index in [9.17, 15) is 4.79 Å². The Bertz CT molecular complexity index is 654. The molecule has 4 nitrogen and oxygen atoms in total. The van der Waals surface area contributed by atoms with Gasteiger partial charge >= 0.3 is 5.97 Å². The fourth-order valence-corrected chi connectivity index (χ4v) is 2.21. The molecule has 0 aliphatic heterocycles. The molecule has 1 N–H and O–H groups in total. The van der Waals surface area contributed by atoms with E-state index in [0.29, 0.717) is 5.75 Å². The van der Waals surface area contributed by atoms with Crippen LogP contribution in [0.2, 0.25) is 5.02 Å². The highest BCUT2D eigenvalue weighted by molar-refractivity contribution is 6.32. The zero-order valence-corrected chi connectivity index (χ0v) is 12.4. The summed E-state index contributed by atoms with van der Waals surface area (Å²) in [7, 11) is 1.60. The largest absolute Gasteiger partial charge is 0.496 e. The maximum absolute atomic E-state index is 10.9. The van der Waals surface area contributed by atoms with Gasteiger partial charge in [-0.25, -0.2) is 4.79 Å². The number of ether oxygens (including phenoxy) is 2. The quantitative estimate of drug-likeness (QED) is 0.900. The standard InChI is InChI=1S/C16H15ClO4/c1-10(12-5-3-4-6-14(12)20-2)21-15-8-7-11(16(18)19)9-13(15)17/h3-10H,1-2H3,(H,18,19). The SMILES string of the molecule is COc1ccccc1C(C)Oc1ccc(C(=O)O)cc1Cl. The lowest BCUT2D eigenvalue weighted by molar-refractivity contribution is 0.0697. The van der Waals surface area contributed by atoms with Crippen molar-refractivity contribution in [2.75, 3.05) is 7.11 Å². The van der Waals surface area contributed by atoms with Gasteiger partial charge in [-0.05, 0) is 31.2 Å². The van der Waals surface area contributed by atoms with E-state index in [0.717, 1.165) is 11.3 Å². The second-order valence-corrected chi connectivity index (χ2v) is 4.86. The van der Waals surface area contributed by atoms with Crippen molar-refractivity contribution in [2.24, 2.45) is 0 Å². The average molecular weight is 307 g/mol. The van der Waals surface area contributed by atoms with Gasteiger partial charge in [-0.3, -0.25) is 0 Å². The number of aromatic carboxylic acids is 1. The number of halogens is 1. The van der Waals surface area contributed by atoms with E-state index in [-0.39, 0.29) is 16.7 Å². The van der Waals surface area contributed by atoms with E-state index in [4.69, 9.17) is 26.2 Å². The third-order valence-electron chi connectivity index (χ3n) is 3.06. The highest BCUT2D eigenvalue weighted by atomic mass is 35.5. The summed E-state index contributed by atoms with van der Waals surface area (Å²) in [5.74, 6) is 0.129. The zero-order chi connectivity index (χ0) is 15.4. The first-order valence-electron chi connectivity index (χ1n) is 6.35. The number of rotatable bonds is 5. The Morgan fingerprint density at radius 1 is 1.19 bits per heavy atom. The molecule has 0 aliphatic rings. The van der Waals surface area contributed by atoms with Crippen molar-refractivity contribution >= 4 is 17.6 Å². The molecule has 0 saturated carbocycles. The van der Waals surface area contributed by atoms with Crippen LogP contribution in [0.15, 0.2) is 42.5 Å². The first kappa shape index (κ1) is 15.2. The summed E-state index contributed by atoms with van der Waals surface area (Å²) in [4.78, 5) is 10.9. The van der Waals surface area contributed by atoms with Crippen molar-refractivity contribution in [3.8, 4) is 11.5 Å². The fraction of sp³-hybridized carbons (Fsp3) is 0.188. The van der Waals surface area contributed by atoms with Crippen LogP contribution >= 0.6 is 11.6 Å². The molecule has 0 aromatic heterocycles. The van der Waals surface area contributed by atoms with Crippen LogP contribution in [0, 0.1) is 0 Å². The molecule has 0 saturated heterocycles. The Labute approximate surface area is 127 Å². The fourth-order valence-electron chi connectivity index (χ4n) is 1.99. The highest BCUT2D eigenvalue weighted by Crippen LogP contribution is 2.32. The molecule has 0 amide bonds. The molecular weight excluding hydrogens is 292 g/mol. The first-order chi connectivity index (χ1) is 10.0. The van der Waals surface area contributed by atoms with Crippen LogP contribution in [0.25, 0.3) is 0 Å². The number of methoxy groups -OCH3 is 1. The Kier molecular flexibility index (Phi) is 4.70. The van der Waals surface area contributed by atoms with Gasteiger partial charge in [0, 0.05) is 5.56 Å². The normalized spacial score (nSPS) is 11.8. The number of carbonyl (C=O) groups is 1. The number of hydrogen-bond acceptors (Lipinski definition) is 3. The Morgan fingerprint density at radius 2 is 1.90 bits per heavy atom. The molecule has 0 fully saturated rings. The maximum Gasteiger partial charge on any atom is 0.335 e. The highest BCUT2D eigenvalue weighted by Gasteiger charge is 2.15. The van der Waals surface area contributed by atoms with Crippen molar-refractivity contribution in [3.05, 3.63) is 58.6 Å². The molecule has 1 atom stereocenters. The summed E-state index contributed by atoms with van der Waals surface area (Å²) < 4.78 is 11.1. The van der Waals surface area contributed by atoms with Crippen LogP contribution in [-0.2, 0) is 0 Å². The number of para-hydroxylation sites is 1. The van der Waals surface area contributed by atoms with Gasteiger partial charge in [-0.2, -0.15) is 0 Å². The van der Waals surface area contributed by atoms with Crippen LogP contribution in [0.5, 0.6) is 11.5 Å². The minimum Gasteiger partial charge on any atom is -0.496 e. The average Bonchev–Trinajstić information content (AvgIpc) is 2.48. The number of hydrogen-bond donors (Lipinski definition) is 1. The summed E-state index contributed by atoms with van der Waals surface area (Å²) in [6.07, 6.45) is -0.283. The van der Waals surface area contributed by atoms with E-state index in [1.165, 1.54) is 12.1 Å². The molecule has 0 radical (unpaired) electrons. The smallest absolute Gasteiger partial charge is 0.335 e. The van der Waals surface area contributed by atoms with E-state index in [1.54, 1.807) is 13.2 Å². The number of carboxylic acid groups (broad SMARTS) is 1. The van der Waals surface area contributed by atoms with Gasteiger partial charge < -0.3 is 14.6 Å². The first-order valence-corrected chi connectivity index (χ1v) is 6.73. The minimum absolute atomic E-state index is 0.122.